The van der Waals surface area contributed by atoms with E-state index in [4.69, 9.17) is 5.11 Å². The smallest absolute Gasteiger partial charge is 0.315 e. The average molecular weight is 256 g/mol. The average Bonchev–Trinajstić information content (AvgIpc) is 2.25. The first-order valence-electron chi connectivity index (χ1n) is 6.67. The summed E-state index contributed by atoms with van der Waals surface area (Å²) < 4.78 is 0. The number of rotatable bonds is 5. The molecule has 0 spiro atoms. The van der Waals surface area contributed by atoms with Gasteiger partial charge < -0.3 is 15.7 Å². The quantitative estimate of drug-likeness (QED) is 0.705. The summed E-state index contributed by atoms with van der Waals surface area (Å²) in [4.78, 5) is 22.3. The highest BCUT2D eigenvalue weighted by molar-refractivity contribution is 5.76. The highest BCUT2D eigenvalue weighted by Gasteiger charge is 2.24. The topological polar surface area (TPSA) is 78.4 Å². The van der Waals surface area contributed by atoms with E-state index in [1.165, 1.54) is 32.1 Å². The summed E-state index contributed by atoms with van der Waals surface area (Å²) in [6, 6.07) is -0.271. The van der Waals surface area contributed by atoms with E-state index in [-0.39, 0.29) is 12.5 Å². The molecule has 0 atom stereocenters. The first kappa shape index (κ1) is 14.8. The summed E-state index contributed by atoms with van der Waals surface area (Å²) in [5, 5.41) is 14.3. The van der Waals surface area contributed by atoms with Gasteiger partial charge in [0.15, 0.2) is 0 Å². The molecule has 2 amide bonds. The molecule has 5 heteroatoms. The number of urea groups is 1. The van der Waals surface area contributed by atoms with E-state index >= 15 is 0 Å². The van der Waals surface area contributed by atoms with Crippen LogP contribution in [0.3, 0.4) is 0 Å². The van der Waals surface area contributed by atoms with Gasteiger partial charge in [-0.1, -0.05) is 19.3 Å². The van der Waals surface area contributed by atoms with Gasteiger partial charge in [0.25, 0.3) is 0 Å². The molecule has 104 valence electrons. The molecule has 0 unspecified atom stereocenters. The van der Waals surface area contributed by atoms with Crippen molar-refractivity contribution in [2.75, 3.05) is 6.54 Å². The Hall–Kier alpha value is -1.26. The van der Waals surface area contributed by atoms with Crippen molar-refractivity contribution in [1.29, 1.82) is 0 Å². The largest absolute Gasteiger partial charge is 0.481 e. The number of hydrogen-bond acceptors (Lipinski definition) is 2. The SMILES string of the molecule is CC(C)(CC(=O)O)NC(=O)NCC1CCCCC1. The van der Waals surface area contributed by atoms with E-state index < -0.39 is 11.5 Å². The second kappa shape index (κ2) is 6.61. The molecule has 1 fully saturated rings. The van der Waals surface area contributed by atoms with Crippen LogP contribution in [0.2, 0.25) is 0 Å². The molecule has 1 rings (SSSR count). The van der Waals surface area contributed by atoms with Crippen LogP contribution in [0.1, 0.15) is 52.4 Å². The van der Waals surface area contributed by atoms with Gasteiger partial charge in [0.05, 0.1) is 6.42 Å². The van der Waals surface area contributed by atoms with Crippen molar-refractivity contribution < 1.29 is 14.7 Å². The standard InChI is InChI=1S/C13H24N2O3/c1-13(2,8-11(16)17)15-12(18)14-9-10-6-4-3-5-7-10/h10H,3-9H2,1-2H3,(H,16,17)(H2,14,15,18). The Balaban J connectivity index is 2.25. The number of carboxylic acids is 1. The fourth-order valence-electron chi connectivity index (χ4n) is 2.40. The number of carboxylic acid groups (broad SMARTS) is 1. The zero-order valence-electron chi connectivity index (χ0n) is 11.3. The second-order valence-corrected chi connectivity index (χ2v) is 5.79. The Labute approximate surface area is 108 Å². The van der Waals surface area contributed by atoms with Crippen LogP contribution in [-0.2, 0) is 4.79 Å². The molecule has 0 aromatic carbocycles. The highest BCUT2D eigenvalue weighted by atomic mass is 16.4. The molecule has 0 bridgehead atoms. The minimum Gasteiger partial charge on any atom is -0.481 e. The molecule has 1 aliphatic carbocycles. The number of amides is 2. The van der Waals surface area contributed by atoms with Gasteiger partial charge in [-0.05, 0) is 32.6 Å². The lowest BCUT2D eigenvalue weighted by Crippen LogP contribution is -2.50. The Morgan fingerprint density at radius 1 is 1.22 bits per heavy atom. The second-order valence-electron chi connectivity index (χ2n) is 5.79. The van der Waals surface area contributed by atoms with Gasteiger partial charge in [0, 0.05) is 12.1 Å². The molecule has 0 saturated heterocycles. The summed E-state index contributed by atoms with van der Waals surface area (Å²) >= 11 is 0. The Bertz CT molecular complexity index is 297. The minimum absolute atomic E-state index is 0.0795. The summed E-state index contributed by atoms with van der Waals surface area (Å²) in [5.74, 6) is -0.334. The van der Waals surface area contributed by atoms with Gasteiger partial charge in [-0.3, -0.25) is 4.79 Å². The van der Waals surface area contributed by atoms with E-state index in [0.717, 1.165) is 0 Å². The molecule has 0 aromatic heterocycles. The van der Waals surface area contributed by atoms with Gasteiger partial charge in [0.2, 0.25) is 0 Å². The van der Waals surface area contributed by atoms with Crippen LogP contribution < -0.4 is 10.6 Å². The predicted molar refractivity (Wildman–Crippen MR) is 69.4 cm³/mol. The van der Waals surface area contributed by atoms with Crippen molar-refractivity contribution in [1.82, 2.24) is 10.6 Å². The molecule has 1 aliphatic rings. The van der Waals surface area contributed by atoms with E-state index in [9.17, 15) is 9.59 Å². The van der Waals surface area contributed by atoms with Crippen molar-refractivity contribution in [2.45, 2.75) is 57.9 Å². The van der Waals surface area contributed by atoms with E-state index in [0.29, 0.717) is 12.5 Å². The number of carbonyl (C=O) groups excluding carboxylic acids is 1. The maximum atomic E-state index is 11.7. The van der Waals surface area contributed by atoms with Crippen LogP contribution in [0, 0.1) is 5.92 Å². The number of carbonyl (C=O) groups is 2. The molecular formula is C13H24N2O3. The fourth-order valence-corrected chi connectivity index (χ4v) is 2.40. The van der Waals surface area contributed by atoms with Crippen LogP contribution in [0.15, 0.2) is 0 Å². The van der Waals surface area contributed by atoms with Crippen molar-refractivity contribution in [3.8, 4) is 0 Å². The number of hydrogen-bond donors (Lipinski definition) is 3. The van der Waals surface area contributed by atoms with Crippen LogP contribution in [0.5, 0.6) is 0 Å². The molecule has 0 heterocycles. The summed E-state index contributed by atoms with van der Waals surface area (Å²) in [6.45, 7) is 4.11. The van der Waals surface area contributed by atoms with E-state index in [1.54, 1.807) is 13.8 Å². The van der Waals surface area contributed by atoms with E-state index in [1.807, 2.05) is 0 Å². The minimum atomic E-state index is -0.910. The van der Waals surface area contributed by atoms with Gasteiger partial charge >= 0.3 is 12.0 Å². The zero-order valence-corrected chi connectivity index (χ0v) is 11.3. The Morgan fingerprint density at radius 2 is 1.83 bits per heavy atom. The number of nitrogens with one attached hydrogen (secondary N) is 2. The van der Waals surface area contributed by atoms with Crippen LogP contribution >= 0.6 is 0 Å². The lowest BCUT2D eigenvalue weighted by atomic mass is 9.89. The first-order chi connectivity index (χ1) is 8.39. The van der Waals surface area contributed by atoms with Crippen molar-refractivity contribution in [3.63, 3.8) is 0 Å². The van der Waals surface area contributed by atoms with E-state index in [2.05, 4.69) is 10.6 Å². The molecule has 18 heavy (non-hydrogen) atoms. The van der Waals surface area contributed by atoms with Crippen LogP contribution in [0.25, 0.3) is 0 Å². The molecule has 3 N–H and O–H groups in total. The summed E-state index contributed by atoms with van der Waals surface area (Å²) in [7, 11) is 0. The molecule has 0 aliphatic heterocycles. The van der Waals surface area contributed by atoms with Crippen LogP contribution in [-0.4, -0.2) is 29.2 Å². The maximum Gasteiger partial charge on any atom is 0.315 e. The third kappa shape index (κ3) is 5.89. The monoisotopic (exact) mass is 256 g/mol. The zero-order chi connectivity index (χ0) is 13.6. The van der Waals surface area contributed by atoms with Gasteiger partial charge in [-0.15, -0.1) is 0 Å². The third-order valence-electron chi connectivity index (χ3n) is 3.32. The third-order valence-corrected chi connectivity index (χ3v) is 3.32. The van der Waals surface area contributed by atoms with Crippen LogP contribution in [0.4, 0.5) is 4.79 Å². The maximum absolute atomic E-state index is 11.7. The van der Waals surface area contributed by atoms with Crippen molar-refractivity contribution in [2.24, 2.45) is 5.92 Å². The van der Waals surface area contributed by atoms with Gasteiger partial charge in [-0.2, -0.15) is 0 Å². The van der Waals surface area contributed by atoms with Crippen molar-refractivity contribution >= 4 is 12.0 Å². The lowest BCUT2D eigenvalue weighted by Gasteiger charge is -2.26. The number of aliphatic carboxylic acids is 1. The highest BCUT2D eigenvalue weighted by Crippen LogP contribution is 2.22. The molecule has 0 aromatic rings. The van der Waals surface area contributed by atoms with Crippen molar-refractivity contribution in [3.05, 3.63) is 0 Å². The Kier molecular flexibility index (Phi) is 5.44. The Morgan fingerprint density at radius 3 is 2.39 bits per heavy atom. The normalized spacial score (nSPS) is 17.2. The fraction of sp³-hybridized carbons (Fsp3) is 0.846. The predicted octanol–water partition coefficient (Wildman–Crippen LogP) is 2.12. The molecular weight excluding hydrogens is 232 g/mol. The molecule has 0 radical (unpaired) electrons. The van der Waals surface area contributed by atoms with Gasteiger partial charge in [-0.25, -0.2) is 4.79 Å². The lowest BCUT2D eigenvalue weighted by molar-refractivity contribution is -0.138. The molecule has 1 saturated carbocycles. The first-order valence-corrected chi connectivity index (χ1v) is 6.67. The summed E-state index contributed by atoms with van der Waals surface area (Å²) in [5.41, 5.74) is -0.720. The summed E-state index contributed by atoms with van der Waals surface area (Å²) in [6.07, 6.45) is 6.08. The van der Waals surface area contributed by atoms with Gasteiger partial charge in [0.1, 0.15) is 0 Å². The molecule has 5 nitrogen and oxygen atoms in total.